The molecule has 1 aliphatic carbocycles. The predicted molar refractivity (Wildman–Crippen MR) is 79.5 cm³/mol. The first-order chi connectivity index (χ1) is 9.24. The third-order valence-corrected chi connectivity index (χ3v) is 5.09. The third kappa shape index (κ3) is 2.72. The van der Waals surface area contributed by atoms with Gasteiger partial charge in [-0.3, -0.25) is 4.79 Å². The molecule has 1 N–H and O–H groups in total. The van der Waals surface area contributed by atoms with Gasteiger partial charge >= 0.3 is 0 Å². The van der Waals surface area contributed by atoms with Gasteiger partial charge in [-0.15, -0.1) is 11.3 Å². The first kappa shape index (κ1) is 12.8. The number of pyridine rings is 1. The molecular formula is C14H13BrN2OS. The van der Waals surface area contributed by atoms with Gasteiger partial charge in [0.1, 0.15) is 4.60 Å². The number of thiophene rings is 1. The molecule has 2 heterocycles. The molecule has 0 aromatic carbocycles. The van der Waals surface area contributed by atoms with Crippen molar-refractivity contribution in [1.29, 1.82) is 0 Å². The molecule has 0 saturated carbocycles. The lowest BCUT2D eigenvalue weighted by atomic mass is 10.2. The van der Waals surface area contributed by atoms with Gasteiger partial charge in [0.05, 0.1) is 12.1 Å². The standard InChI is InChI=1S/C14H13BrN2OS/c15-13-11(4-2-6-16-13)14(18)17-8-10-7-9-3-1-5-12(9)19-10/h2,4,6-7H,1,3,5,8H2,(H,17,18). The fourth-order valence-corrected chi connectivity index (χ4v) is 3.93. The van der Waals surface area contributed by atoms with Crippen LogP contribution in [0.5, 0.6) is 0 Å². The number of carbonyl (C=O) groups is 1. The van der Waals surface area contributed by atoms with Crippen molar-refractivity contribution < 1.29 is 4.79 Å². The third-order valence-electron chi connectivity index (χ3n) is 3.22. The maximum absolute atomic E-state index is 12.0. The van der Waals surface area contributed by atoms with Gasteiger partial charge in [0, 0.05) is 16.0 Å². The van der Waals surface area contributed by atoms with Crippen LogP contribution in [0.15, 0.2) is 29.0 Å². The molecule has 3 nitrogen and oxygen atoms in total. The van der Waals surface area contributed by atoms with E-state index in [0.29, 0.717) is 16.7 Å². The van der Waals surface area contributed by atoms with Gasteiger partial charge in [-0.1, -0.05) is 0 Å². The molecule has 98 valence electrons. The van der Waals surface area contributed by atoms with Crippen molar-refractivity contribution >= 4 is 33.2 Å². The second-order valence-electron chi connectivity index (χ2n) is 4.54. The monoisotopic (exact) mass is 336 g/mol. The minimum Gasteiger partial charge on any atom is -0.347 e. The van der Waals surface area contributed by atoms with Crippen molar-refractivity contribution in [1.82, 2.24) is 10.3 Å². The first-order valence-corrected chi connectivity index (χ1v) is 7.84. The minimum absolute atomic E-state index is 0.0893. The predicted octanol–water partition coefficient (Wildman–Crippen LogP) is 3.32. The Kier molecular flexibility index (Phi) is 3.66. The van der Waals surface area contributed by atoms with E-state index in [0.717, 1.165) is 0 Å². The topological polar surface area (TPSA) is 42.0 Å². The molecule has 1 aliphatic rings. The zero-order valence-corrected chi connectivity index (χ0v) is 12.7. The number of hydrogen-bond acceptors (Lipinski definition) is 3. The van der Waals surface area contributed by atoms with Gasteiger partial charge < -0.3 is 5.32 Å². The number of halogens is 1. The van der Waals surface area contributed by atoms with Crippen LogP contribution < -0.4 is 5.32 Å². The number of aryl methyl sites for hydroxylation is 2. The van der Waals surface area contributed by atoms with Crippen molar-refractivity contribution in [2.75, 3.05) is 0 Å². The number of rotatable bonds is 3. The second-order valence-corrected chi connectivity index (χ2v) is 6.51. The van der Waals surface area contributed by atoms with Crippen LogP contribution in [0.25, 0.3) is 0 Å². The molecule has 0 bridgehead atoms. The van der Waals surface area contributed by atoms with E-state index in [1.807, 2.05) is 11.3 Å². The van der Waals surface area contributed by atoms with Crippen LogP contribution in [-0.2, 0) is 19.4 Å². The summed E-state index contributed by atoms with van der Waals surface area (Å²) in [5.41, 5.74) is 2.04. The molecule has 0 aliphatic heterocycles. The summed E-state index contributed by atoms with van der Waals surface area (Å²) in [6.45, 7) is 0.595. The normalized spacial score (nSPS) is 13.3. The van der Waals surface area contributed by atoms with E-state index >= 15 is 0 Å². The van der Waals surface area contributed by atoms with Crippen molar-refractivity contribution in [3.8, 4) is 0 Å². The fourth-order valence-electron chi connectivity index (χ4n) is 2.30. The lowest BCUT2D eigenvalue weighted by molar-refractivity contribution is 0.0950. The summed E-state index contributed by atoms with van der Waals surface area (Å²) < 4.78 is 0.584. The van der Waals surface area contributed by atoms with Crippen LogP contribution in [-0.4, -0.2) is 10.9 Å². The van der Waals surface area contributed by atoms with Crippen LogP contribution >= 0.6 is 27.3 Å². The first-order valence-electron chi connectivity index (χ1n) is 6.23. The van der Waals surface area contributed by atoms with Gasteiger partial charge in [0.25, 0.3) is 5.91 Å². The molecular weight excluding hydrogens is 324 g/mol. The van der Waals surface area contributed by atoms with Crippen molar-refractivity contribution in [2.45, 2.75) is 25.8 Å². The second kappa shape index (κ2) is 5.43. The summed E-state index contributed by atoms with van der Waals surface area (Å²) in [5, 5.41) is 2.95. The van der Waals surface area contributed by atoms with Crippen LogP contribution in [0.3, 0.4) is 0 Å². The highest BCUT2D eigenvalue weighted by atomic mass is 79.9. The van der Waals surface area contributed by atoms with E-state index in [1.165, 1.54) is 34.6 Å². The Morgan fingerprint density at radius 1 is 1.47 bits per heavy atom. The van der Waals surface area contributed by atoms with Crippen molar-refractivity contribution in [3.05, 3.63) is 49.9 Å². The Morgan fingerprint density at radius 2 is 2.37 bits per heavy atom. The summed E-state index contributed by atoms with van der Waals surface area (Å²) >= 11 is 5.11. The van der Waals surface area contributed by atoms with Gasteiger partial charge in [-0.25, -0.2) is 4.98 Å². The highest BCUT2D eigenvalue weighted by molar-refractivity contribution is 9.10. The van der Waals surface area contributed by atoms with Crippen LogP contribution in [0.1, 0.15) is 32.1 Å². The maximum Gasteiger partial charge on any atom is 0.254 e. The smallest absolute Gasteiger partial charge is 0.254 e. The average Bonchev–Trinajstić information content (AvgIpc) is 2.97. The molecule has 0 fully saturated rings. The van der Waals surface area contributed by atoms with Gasteiger partial charge in [0.15, 0.2) is 0 Å². The maximum atomic E-state index is 12.0. The van der Waals surface area contributed by atoms with Gasteiger partial charge in [0.2, 0.25) is 0 Å². The molecule has 0 unspecified atom stereocenters. The van der Waals surface area contributed by atoms with Gasteiger partial charge in [-0.2, -0.15) is 0 Å². The number of carbonyl (C=O) groups excluding carboxylic acids is 1. The minimum atomic E-state index is -0.0893. The Hall–Kier alpha value is -1.20. The molecule has 19 heavy (non-hydrogen) atoms. The zero-order valence-electron chi connectivity index (χ0n) is 10.3. The molecule has 2 aromatic heterocycles. The van der Waals surface area contributed by atoms with Crippen LogP contribution in [0.4, 0.5) is 0 Å². The number of nitrogens with one attached hydrogen (secondary N) is 1. The molecule has 0 atom stereocenters. The molecule has 0 radical (unpaired) electrons. The van der Waals surface area contributed by atoms with Crippen LogP contribution in [0, 0.1) is 0 Å². The number of amides is 1. The summed E-state index contributed by atoms with van der Waals surface area (Å²) in [6.07, 6.45) is 5.32. The number of nitrogens with zero attached hydrogens (tertiary/aromatic N) is 1. The highest BCUT2D eigenvalue weighted by Crippen LogP contribution is 2.30. The van der Waals surface area contributed by atoms with E-state index in [2.05, 4.69) is 32.3 Å². The number of aromatic nitrogens is 1. The SMILES string of the molecule is O=C(NCc1cc2c(s1)CCC2)c1cccnc1Br. The fraction of sp³-hybridized carbons (Fsp3) is 0.286. The van der Waals surface area contributed by atoms with E-state index in [-0.39, 0.29) is 5.91 Å². The molecule has 3 rings (SSSR count). The largest absolute Gasteiger partial charge is 0.347 e. The van der Waals surface area contributed by atoms with E-state index in [1.54, 1.807) is 18.3 Å². The van der Waals surface area contributed by atoms with E-state index < -0.39 is 0 Å². The Bertz CT molecular complexity index is 602. The molecule has 2 aromatic rings. The lowest BCUT2D eigenvalue weighted by Gasteiger charge is -2.04. The van der Waals surface area contributed by atoms with Crippen molar-refractivity contribution in [3.63, 3.8) is 0 Å². The molecule has 0 spiro atoms. The Morgan fingerprint density at radius 3 is 3.16 bits per heavy atom. The molecule has 5 heteroatoms. The molecule has 1 amide bonds. The summed E-state index contributed by atoms with van der Waals surface area (Å²) in [5.74, 6) is -0.0893. The molecule has 0 saturated heterocycles. The van der Waals surface area contributed by atoms with Gasteiger partial charge in [-0.05, 0) is 59.0 Å². The summed E-state index contributed by atoms with van der Waals surface area (Å²) in [4.78, 5) is 18.8. The van der Waals surface area contributed by atoms with E-state index in [4.69, 9.17) is 0 Å². The van der Waals surface area contributed by atoms with E-state index in [9.17, 15) is 4.79 Å². The van der Waals surface area contributed by atoms with Crippen molar-refractivity contribution in [2.24, 2.45) is 0 Å². The summed E-state index contributed by atoms with van der Waals surface area (Å²) in [6, 6.07) is 5.76. The Labute approximate surface area is 124 Å². The van der Waals surface area contributed by atoms with Crippen LogP contribution in [0.2, 0.25) is 0 Å². The average molecular weight is 337 g/mol. The zero-order chi connectivity index (χ0) is 13.2. The summed E-state index contributed by atoms with van der Waals surface area (Å²) in [7, 11) is 0. The number of fused-ring (bicyclic) bond motifs is 1. The lowest BCUT2D eigenvalue weighted by Crippen LogP contribution is -2.22. The Balaban J connectivity index is 1.66. The quantitative estimate of drug-likeness (QED) is 0.873. The number of hydrogen-bond donors (Lipinski definition) is 1. The highest BCUT2D eigenvalue weighted by Gasteiger charge is 2.15.